The van der Waals surface area contributed by atoms with E-state index in [1.165, 1.54) is 79.4 Å². The van der Waals surface area contributed by atoms with Crippen molar-refractivity contribution in [3.05, 3.63) is 100 Å². The Morgan fingerprint density at radius 1 is 0.873 bits per heavy atom. The molecule has 0 bridgehead atoms. The van der Waals surface area contributed by atoms with Crippen LogP contribution in [0.15, 0.2) is 65.9 Å². The van der Waals surface area contributed by atoms with Crippen LogP contribution in [0, 0.1) is 23.5 Å². The van der Waals surface area contributed by atoms with Crippen LogP contribution in [-0.2, 0) is 11.3 Å². The zero-order chi connectivity index (χ0) is 49.5. The highest BCUT2D eigenvalue weighted by Crippen LogP contribution is 2.33. The van der Waals surface area contributed by atoms with Gasteiger partial charge in [-0.25, -0.2) is 18.3 Å². The first-order chi connectivity index (χ1) is 30.1. The summed E-state index contributed by atoms with van der Waals surface area (Å²) in [7, 11) is 0. The SMILES string of the molecule is C/C=C\C1=C(/C=C/C(C)=O)CCC1C.C1CC1.CC.CC.CC.CCC.CCC(C)C.CCNC(=O)c1cnn2c(C(C)=O)cc(C(=O)NCc3ccc(F)c(F)c3)nc12.CCO. The molecule has 2 heterocycles. The Labute approximate surface area is 380 Å². The number of Topliss-reactive ketones (excluding diaryl/α,β-unsaturated/α-hetero) is 1. The van der Waals surface area contributed by atoms with Crippen molar-refractivity contribution in [3.8, 4) is 0 Å². The molecule has 1 unspecified atom stereocenters. The number of halogens is 2. The topological polar surface area (TPSA) is 143 Å². The van der Waals surface area contributed by atoms with Gasteiger partial charge in [0, 0.05) is 26.6 Å². The number of amides is 2. The van der Waals surface area contributed by atoms with Gasteiger partial charge in [-0.15, -0.1) is 0 Å². The number of aromatic nitrogens is 3. The molecule has 0 aliphatic heterocycles. The molecule has 0 spiro atoms. The van der Waals surface area contributed by atoms with E-state index >= 15 is 0 Å². The first-order valence-electron chi connectivity index (χ1n) is 23.1. The number of aliphatic hydroxyl groups is 1. The van der Waals surface area contributed by atoms with Crippen LogP contribution in [0.4, 0.5) is 8.78 Å². The largest absolute Gasteiger partial charge is 0.397 e. The molecule has 5 rings (SSSR count). The molecule has 358 valence electrons. The monoisotopic (exact) mass is 886 g/mol. The summed E-state index contributed by atoms with van der Waals surface area (Å²) in [6.45, 7) is 34.0. The second kappa shape index (κ2) is 41.2. The Kier molecular flexibility index (Phi) is 42.4. The molecular formula is C51H85F2N5O5. The van der Waals surface area contributed by atoms with Gasteiger partial charge in [-0.2, -0.15) is 5.10 Å². The van der Waals surface area contributed by atoms with Gasteiger partial charge < -0.3 is 15.7 Å². The minimum Gasteiger partial charge on any atom is -0.397 e. The number of allylic oxidation sites excluding steroid dienone is 6. The first kappa shape index (κ1) is 64.8. The third-order valence-electron chi connectivity index (χ3n) is 7.87. The van der Waals surface area contributed by atoms with Gasteiger partial charge in [0.25, 0.3) is 11.8 Å². The Bertz CT molecular complexity index is 1790. The van der Waals surface area contributed by atoms with E-state index in [1.54, 1.807) is 26.8 Å². The van der Waals surface area contributed by atoms with E-state index in [0.717, 1.165) is 24.5 Å². The number of ketones is 2. The summed E-state index contributed by atoms with van der Waals surface area (Å²) < 4.78 is 27.5. The quantitative estimate of drug-likeness (QED) is 0.136. The lowest BCUT2D eigenvalue weighted by atomic mass is 10.0. The van der Waals surface area contributed by atoms with Crippen molar-refractivity contribution >= 4 is 29.0 Å². The fraction of sp³-hybridized carbons (Fsp3) is 0.569. The smallest absolute Gasteiger partial charge is 0.270 e. The Morgan fingerprint density at radius 3 is 1.84 bits per heavy atom. The van der Waals surface area contributed by atoms with Crippen molar-refractivity contribution in [2.45, 2.75) is 169 Å². The first-order valence-corrected chi connectivity index (χ1v) is 23.1. The van der Waals surface area contributed by atoms with Crippen molar-refractivity contribution in [3.63, 3.8) is 0 Å². The molecule has 0 radical (unpaired) electrons. The van der Waals surface area contributed by atoms with Gasteiger partial charge in [-0.1, -0.05) is 139 Å². The third kappa shape index (κ3) is 29.2. The van der Waals surface area contributed by atoms with E-state index in [-0.39, 0.29) is 47.3 Å². The van der Waals surface area contributed by atoms with Crippen LogP contribution in [-0.4, -0.2) is 56.2 Å². The number of benzene rings is 1. The molecule has 1 saturated carbocycles. The summed E-state index contributed by atoms with van der Waals surface area (Å²) in [5, 5.41) is 16.7. The molecule has 2 amide bonds. The number of hydrogen-bond acceptors (Lipinski definition) is 7. The Hall–Kier alpha value is -4.84. The molecule has 63 heavy (non-hydrogen) atoms. The number of rotatable bonds is 10. The van der Waals surface area contributed by atoms with E-state index < -0.39 is 23.4 Å². The van der Waals surface area contributed by atoms with Gasteiger partial charge >= 0.3 is 0 Å². The highest BCUT2D eigenvalue weighted by Gasteiger charge is 2.21. The maximum atomic E-state index is 13.3. The second-order valence-electron chi connectivity index (χ2n) is 13.9. The van der Waals surface area contributed by atoms with E-state index in [1.807, 2.05) is 54.5 Å². The van der Waals surface area contributed by atoms with Gasteiger partial charge in [-0.3, -0.25) is 19.2 Å². The molecule has 2 aliphatic rings. The maximum Gasteiger partial charge on any atom is 0.270 e. The summed E-state index contributed by atoms with van der Waals surface area (Å²) >= 11 is 0. The maximum absolute atomic E-state index is 13.3. The molecule has 2 aromatic heterocycles. The van der Waals surface area contributed by atoms with Crippen LogP contribution in [0.1, 0.15) is 200 Å². The molecule has 1 fully saturated rings. The minimum atomic E-state index is -1.03. The summed E-state index contributed by atoms with van der Waals surface area (Å²) in [4.78, 5) is 51.7. The van der Waals surface area contributed by atoms with Crippen molar-refractivity contribution < 1.29 is 33.1 Å². The lowest BCUT2D eigenvalue weighted by Crippen LogP contribution is -2.26. The number of hydrogen-bond donors (Lipinski definition) is 3. The summed E-state index contributed by atoms with van der Waals surface area (Å²) in [5.74, 6) is -1.84. The average molecular weight is 886 g/mol. The molecular weight excluding hydrogens is 801 g/mol. The number of carbonyl (C=O) groups excluding carboxylic acids is 4. The second-order valence-corrected chi connectivity index (χ2v) is 13.9. The number of aliphatic hydroxyl groups excluding tert-OH is 1. The lowest BCUT2D eigenvalue weighted by Gasteiger charge is -2.08. The number of nitrogens with one attached hydrogen (secondary N) is 2. The normalized spacial score (nSPS) is 12.8. The van der Waals surface area contributed by atoms with Crippen LogP contribution in [0.25, 0.3) is 5.65 Å². The zero-order valence-electron chi connectivity index (χ0n) is 42.1. The highest BCUT2D eigenvalue weighted by molar-refractivity contribution is 6.03. The van der Waals surface area contributed by atoms with E-state index in [9.17, 15) is 28.0 Å². The highest BCUT2D eigenvalue weighted by atomic mass is 19.2. The van der Waals surface area contributed by atoms with Crippen LogP contribution in [0.2, 0.25) is 0 Å². The van der Waals surface area contributed by atoms with Crippen molar-refractivity contribution in [2.24, 2.45) is 11.8 Å². The predicted octanol–water partition coefficient (Wildman–Crippen LogP) is 13.0. The minimum absolute atomic E-state index is 0.0571. The van der Waals surface area contributed by atoms with Crippen LogP contribution >= 0.6 is 0 Å². The molecule has 3 N–H and O–H groups in total. The number of carbonyl (C=O) groups is 4. The molecule has 12 heteroatoms. The lowest BCUT2D eigenvalue weighted by molar-refractivity contribution is -0.112. The number of fused-ring (bicyclic) bond motifs is 1. The molecule has 0 saturated heterocycles. The fourth-order valence-corrected chi connectivity index (χ4v) is 4.51. The Balaban J connectivity index is -0.000000423. The van der Waals surface area contributed by atoms with Gasteiger partial charge in [0.15, 0.2) is 28.8 Å². The van der Waals surface area contributed by atoms with E-state index in [0.29, 0.717) is 18.0 Å². The van der Waals surface area contributed by atoms with Crippen molar-refractivity contribution in [2.75, 3.05) is 13.2 Å². The molecule has 1 aromatic carbocycles. The summed E-state index contributed by atoms with van der Waals surface area (Å²) in [6, 6.07) is 4.52. The van der Waals surface area contributed by atoms with Crippen LogP contribution in [0.5, 0.6) is 0 Å². The fourth-order valence-electron chi connectivity index (χ4n) is 4.51. The van der Waals surface area contributed by atoms with E-state index in [4.69, 9.17) is 5.11 Å². The Morgan fingerprint density at radius 2 is 1.41 bits per heavy atom. The average Bonchev–Trinajstić information content (AvgIpc) is 4.04. The van der Waals surface area contributed by atoms with Gasteiger partial charge in [-0.05, 0) is 93.4 Å². The van der Waals surface area contributed by atoms with Crippen LogP contribution in [0.3, 0.4) is 0 Å². The van der Waals surface area contributed by atoms with Gasteiger partial charge in [0.1, 0.15) is 17.0 Å². The summed E-state index contributed by atoms with van der Waals surface area (Å²) in [6.07, 6.45) is 18.5. The zero-order valence-corrected chi connectivity index (χ0v) is 42.1. The predicted molar refractivity (Wildman–Crippen MR) is 260 cm³/mol. The standard InChI is InChI=1S/C19H17F2N5O3.C13H18O.C5H12.C3H6.C3H8.C2H6O.3C2H6/c1-3-22-18(28)12-9-24-26-16(10(2)27)7-15(25-17(12)26)19(29)23-8-11-4-5-13(20)14(21)6-11;1-4-5-13-10(2)6-8-12(13)9-7-11(3)14;1-4-5(2)3;1-2-3-1;1-3-2;1-2-3;3*1-2/h4-7,9H,3,8H2,1-2H3,(H,22,28)(H,23,29);4-5,7,9-10H,6,8H2,1-3H3;5H,4H2,1-3H3;1-3H2;3H2,1-2H3;3H,2H2,1H3;3*1-2H3/b;5-4-,9-7+;;;;;;;. The van der Waals surface area contributed by atoms with E-state index in [2.05, 4.69) is 74.4 Å². The molecule has 2 aliphatic carbocycles. The number of nitrogens with zero attached hydrogens (tertiary/aromatic N) is 3. The van der Waals surface area contributed by atoms with Crippen LogP contribution < -0.4 is 10.6 Å². The summed E-state index contributed by atoms with van der Waals surface area (Å²) in [5.41, 5.74) is 3.19. The van der Waals surface area contributed by atoms with Gasteiger partial charge in [0.05, 0.1) is 6.20 Å². The van der Waals surface area contributed by atoms with Crippen molar-refractivity contribution in [1.82, 2.24) is 25.2 Å². The third-order valence-corrected chi connectivity index (χ3v) is 7.87. The molecule has 3 aromatic rings. The van der Waals surface area contributed by atoms with Gasteiger partial charge in [0.2, 0.25) is 0 Å². The van der Waals surface area contributed by atoms with Crippen molar-refractivity contribution in [1.29, 1.82) is 0 Å². The molecule has 10 nitrogen and oxygen atoms in total. The molecule has 1 atom stereocenters.